The van der Waals surface area contributed by atoms with Gasteiger partial charge in [-0.15, -0.1) is 0 Å². The van der Waals surface area contributed by atoms with Gasteiger partial charge in [0.2, 0.25) is 5.91 Å². The molecule has 21 heavy (non-hydrogen) atoms. The van der Waals surface area contributed by atoms with Crippen LogP contribution >= 0.6 is 0 Å². The van der Waals surface area contributed by atoms with Crippen LogP contribution in [0.1, 0.15) is 32.8 Å². The Morgan fingerprint density at radius 1 is 1.24 bits per heavy atom. The van der Waals surface area contributed by atoms with E-state index in [-0.39, 0.29) is 17.6 Å². The number of ketones is 1. The predicted molar refractivity (Wildman–Crippen MR) is 86.0 cm³/mol. The minimum absolute atomic E-state index is 0.0995. The monoisotopic (exact) mass is 287 g/mol. The standard InChI is InChI=1S/C18H25NO2/c1-5-12-19(17(20)6-2)16(18(21)14(3)4)13-15-10-8-7-9-11-15/h6-11,14,16H,2,5,12-13H2,1,3-4H3. The molecule has 0 saturated heterocycles. The Hall–Kier alpha value is -1.90. The fourth-order valence-corrected chi connectivity index (χ4v) is 2.36. The predicted octanol–water partition coefficient (Wildman–Crippen LogP) is 3.25. The molecule has 0 bridgehead atoms. The van der Waals surface area contributed by atoms with Crippen LogP contribution in [0.3, 0.4) is 0 Å². The van der Waals surface area contributed by atoms with Crippen molar-refractivity contribution >= 4 is 11.7 Å². The third-order valence-corrected chi connectivity index (χ3v) is 3.47. The number of hydrogen-bond donors (Lipinski definition) is 0. The molecule has 0 saturated carbocycles. The molecule has 0 spiro atoms. The first-order valence-corrected chi connectivity index (χ1v) is 7.51. The molecule has 0 heterocycles. The maximum absolute atomic E-state index is 12.6. The van der Waals surface area contributed by atoms with Crippen LogP contribution in [0.4, 0.5) is 0 Å². The number of hydrogen-bond acceptors (Lipinski definition) is 2. The molecule has 114 valence electrons. The summed E-state index contributed by atoms with van der Waals surface area (Å²) < 4.78 is 0. The Bertz CT molecular complexity index is 479. The van der Waals surface area contributed by atoms with E-state index in [1.807, 2.05) is 51.1 Å². The number of carbonyl (C=O) groups excluding carboxylic acids is 2. The van der Waals surface area contributed by atoms with Crippen LogP contribution in [0.15, 0.2) is 43.0 Å². The van der Waals surface area contributed by atoms with Crippen molar-refractivity contribution in [1.82, 2.24) is 4.90 Å². The van der Waals surface area contributed by atoms with Crippen molar-refractivity contribution < 1.29 is 9.59 Å². The molecule has 1 atom stereocenters. The van der Waals surface area contributed by atoms with Gasteiger partial charge in [0.05, 0.1) is 6.04 Å². The summed E-state index contributed by atoms with van der Waals surface area (Å²) in [5.41, 5.74) is 1.06. The number of amides is 1. The van der Waals surface area contributed by atoms with Gasteiger partial charge in [-0.25, -0.2) is 0 Å². The van der Waals surface area contributed by atoms with Crippen LogP contribution in [0.25, 0.3) is 0 Å². The van der Waals surface area contributed by atoms with Crippen LogP contribution in [-0.2, 0) is 16.0 Å². The molecule has 3 nitrogen and oxygen atoms in total. The molecule has 1 aromatic rings. The highest BCUT2D eigenvalue weighted by Crippen LogP contribution is 2.15. The second kappa shape index (κ2) is 8.40. The third-order valence-electron chi connectivity index (χ3n) is 3.47. The van der Waals surface area contributed by atoms with Gasteiger partial charge in [0.25, 0.3) is 0 Å². The van der Waals surface area contributed by atoms with E-state index in [1.165, 1.54) is 6.08 Å². The summed E-state index contributed by atoms with van der Waals surface area (Å²) in [6, 6.07) is 9.41. The molecular weight excluding hydrogens is 262 g/mol. The van der Waals surface area contributed by atoms with Crippen molar-refractivity contribution in [3.05, 3.63) is 48.6 Å². The summed E-state index contributed by atoms with van der Waals surface area (Å²) in [6.45, 7) is 9.88. The topological polar surface area (TPSA) is 37.4 Å². The highest BCUT2D eigenvalue weighted by molar-refractivity contribution is 5.94. The lowest BCUT2D eigenvalue weighted by Crippen LogP contribution is -2.47. The van der Waals surface area contributed by atoms with E-state index in [4.69, 9.17) is 0 Å². The Morgan fingerprint density at radius 3 is 2.33 bits per heavy atom. The largest absolute Gasteiger partial charge is 0.329 e. The minimum atomic E-state index is -0.419. The third kappa shape index (κ3) is 4.85. The van der Waals surface area contributed by atoms with Gasteiger partial charge in [-0.05, 0) is 24.5 Å². The zero-order valence-electron chi connectivity index (χ0n) is 13.2. The fraction of sp³-hybridized carbons (Fsp3) is 0.444. The summed E-state index contributed by atoms with van der Waals surface area (Å²) in [7, 11) is 0. The van der Waals surface area contributed by atoms with Crippen molar-refractivity contribution in [2.24, 2.45) is 5.92 Å². The molecule has 1 amide bonds. The maximum atomic E-state index is 12.6. The van der Waals surface area contributed by atoms with Gasteiger partial charge in [-0.2, -0.15) is 0 Å². The van der Waals surface area contributed by atoms with E-state index < -0.39 is 6.04 Å². The first kappa shape index (κ1) is 17.2. The summed E-state index contributed by atoms with van der Waals surface area (Å²) in [5, 5.41) is 0. The second-order valence-electron chi connectivity index (χ2n) is 5.50. The molecule has 0 aliphatic carbocycles. The number of rotatable bonds is 8. The van der Waals surface area contributed by atoms with E-state index in [9.17, 15) is 9.59 Å². The van der Waals surface area contributed by atoms with Crippen LogP contribution in [0.5, 0.6) is 0 Å². The number of benzene rings is 1. The maximum Gasteiger partial charge on any atom is 0.246 e. The van der Waals surface area contributed by atoms with Gasteiger partial charge >= 0.3 is 0 Å². The van der Waals surface area contributed by atoms with Crippen LogP contribution < -0.4 is 0 Å². The molecule has 1 unspecified atom stereocenters. The van der Waals surface area contributed by atoms with Crippen LogP contribution in [-0.4, -0.2) is 29.2 Å². The average molecular weight is 287 g/mol. The molecule has 0 aliphatic heterocycles. The smallest absolute Gasteiger partial charge is 0.246 e. The molecule has 1 rings (SSSR count). The molecule has 0 aliphatic rings. The number of Topliss-reactive ketones (excluding diaryl/α,β-unsaturated/α-hetero) is 1. The zero-order chi connectivity index (χ0) is 15.8. The normalized spacial score (nSPS) is 12.0. The minimum Gasteiger partial charge on any atom is -0.329 e. The highest BCUT2D eigenvalue weighted by atomic mass is 16.2. The van der Waals surface area contributed by atoms with Gasteiger partial charge in [0, 0.05) is 12.5 Å². The van der Waals surface area contributed by atoms with Gasteiger partial charge < -0.3 is 4.90 Å². The Kier molecular flexibility index (Phi) is 6.86. The van der Waals surface area contributed by atoms with Gasteiger partial charge in [0.15, 0.2) is 5.78 Å². The van der Waals surface area contributed by atoms with Gasteiger partial charge in [0.1, 0.15) is 0 Å². The fourth-order valence-electron chi connectivity index (χ4n) is 2.36. The van der Waals surface area contributed by atoms with E-state index in [0.717, 1.165) is 12.0 Å². The van der Waals surface area contributed by atoms with Crippen molar-refractivity contribution in [2.75, 3.05) is 6.54 Å². The van der Waals surface area contributed by atoms with Gasteiger partial charge in [-0.3, -0.25) is 9.59 Å². The first-order valence-electron chi connectivity index (χ1n) is 7.51. The molecule has 3 heteroatoms. The van der Waals surface area contributed by atoms with E-state index in [2.05, 4.69) is 6.58 Å². The van der Waals surface area contributed by atoms with Crippen molar-refractivity contribution in [3.8, 4) is 0 Å². The molecule has 0 aromatic heterocycles. The SMILES string of the molecule is C=CC(=O)N(CCC)C(Cc1ccccc1)C(=O)C(C)C. The van der Waals surface area contributed by atoms with E-state index in [0.29, 0.717) is 13.0 Å². The summed E-state index contributed by atoms with van der Waals surface area (Å²) >= 11 is 0. The van der Waals surface area contributed by atoms with E-state index in [1.54, 1.807) is 4.90 Å². The lowest BCUT2D eigenvalue weighted by Gasteiger charge is -2.31. The number of nitrogens with zero attached hydrogens (tertiary/aromatic N) is 1. The molecule has 0 fully saturated rings. The zero-order valence-corrected chi connectivity index (χ0v) is 13.2. The molecule has 0 radical (unpaired) electrons. The first-order chi connectivity index (χ1) is 10.0. The van der Waals surface area contributed by atoms with Gasteiger partial charge in [-0.1, -0.05) is 57.7 Å². The summed E-state index contributed by atoms with van der Waals surface area (Å²) in [6.07, 6.45) is 2.66. The Labute approximate surface area is 127 Å². The second-order valence-corrected chi connectivity index (χ2v) is 5.50. The van der Waals surface area contributed by atoms with Crippen molar-refractivity contribution in [2.45, 2.75) is 39.7 Å². The molecule has 1 aromatic carbocycles. The lowest BCUT2D eigenvalue weighted by atomic mass is 9.94. The Balaban J connectivity index is 3.07. The average Bonchev–Trinajstić information content (AvgIpc) is 2.50. The number of carbonyl (C=O) groups is 2. The molecular formula is C18H25NO2. The van der Waals surface area contributed by atoms with Crippen molar-refractivity contribution in [3.63, 3.8) is 0 Å². The van der Waals surface area contributed by atoms with E-state index >= 15 is 0 Å². The molecule has 0 N–H and O–H groups in total. The lowest BCUT2D eigenvalue weighted by molar-refractivity contribution is -0.137. The highest BCUT2D eigenvalue weighted by Gasteiger charge is 2.29. The quantitative estimate of drug-likeness (QED) is 0.688. The van der Waals surface area contributed by atoms with Crippen molar-refractivity contribution in [1.29, 1.82) is 0 Å². The van der Waals surface area contributed by atoms with Crippen LogP contribution in [0.2, 0.25) is 0 Å². The van der Waals surface area contributed by atoms with Crippen LogP contribution in [0, 0.1) is 5.92 Å². The summed E-state index contributed by atoms with van der Waals surface area (Å²) in [4.78, 5) is 26.3. The summed E-state index contributed by atoms with van der Waals surface area (Å²) in [5.74, 6) is -0.176. The Morgan fingerprint density at radius 2 is 1.86 bits per heavy atom.